The summed E-state index contributed by atoms with van der Waals surface area (Å²) in [5, 5.41) is 0. The number of imidazole rings is 1. The Hall–Kier alpha value is 0.900. The summed E-state index contributed by atoms with van der Waals surface area (Å²) in [5.74, 6) is 0. The van der Waals surface area contributed by atoms with Crippen molar-refractivity contribution in [1.29, 1.82) is 0 Å². The van der Waals surface area contributed by atoms with Gasteiger partial charge in [-0.1, -0.05) is 0 Å². The molecule has 0 atom stereocenters. The van der Waals surface area contributed by atoms with Gasteiger partial charge in [0.25, 0.3) is 0 Å². The van der Waals surface area contributed by atoms with Gasteiger partial charge < -0.3 is 12.2 Å². The Labute approximate surface area is 135 Å². The van der Waals surface area contributed by atoms with Gasteiger partial charge in [0, 0.05) is 19.4 Å². The van der Waals surface area contributed by atoms with Gasteiger partial charge in [-0.2, -0.15) is 0 Å². The van der Waals surface area contributed by atoms with Gasteiger partial charge in [0.15, 0.2) is 4.77 Å². The second kappa shape index (κ2) is 8.10. The zero-order valence-electron chi connectivity index (χ0n) is 11.0. The number of rotatable bonds is 1. The van der Waals surface area contributed by atoms with Crippen molar-refractivity contribution in [2.24, 2.45) is 7.05 Å². The number of aromatic nitrogens is 2. The molecule has 0 aromatic carbocycles. The van der Waals surface area contributed by atoms with E-state index in [0.29, 0.717) is 11.4 Å². The van der Waals surface area contributed by atoms with Crippen molar-refractivity contribution < 1.29 is 71.5 Å². The van der Waals surface area contributed by atoms with Gasteiger partial charge in [-0.25, -0.2) is 9.36 Å². The van der Waals surface area contributed by atoms with Crippen LogP contribution in [-0.4, -0.2) is 21.8 Å². The second-order valence-corrected chi connectivity index (χ2v) is 2.63. The Morgan fingerprint density at radius 1 is 1.57 bits per heavy atom. The molecule has 14 heavy (non-hydrogen) atoms. The van der Waals surface area contributed by atoms with Crippen LogP contribution in [-0.2, 0) is 11.8 Å². The number of carbonyl (C=O) groups is 1. The van der Waals surface area contributed by atoms with Gasteiger partial charge in [-0.15, -0.1) is 0 Å². The van der Waals surface area contributed by atoms with E-state index < -0.39 is 6.09 Å². The molecule has 0 amide bonds. The largest absolute Gasteiger partial charge is 1.00 e. The van der Waals surface area contributed by atoms with E-state index in [4.69, 9.17) is 17.0 Å². The molecule has 0 spiro atoms. The molecular formula is C7H12N2Na2O2S. The van der Waals surface area contributed by atoms with Gasteiger partial charge in [0.1, 0.15) is 0 Å². The summed E-state index contributed by atoms with van der Waals surface area (Å²) in [4.78, 5) is 11.1. The fourth-order valence-electron chi connectivity index (χ4n) is 0.796. The molecule has 0 N–H and O–H groups in total. The molecule has 0 aliphatic carbocycles. The summed E-state index contributed by atoms with van der Waals surface area (Å²) in [5.41, 5.74) is 0. The van der Waals surface area contributed by atoms with Crippen LogP contribution in [0.2, 0.25) is 0 Å². The first-order chi connectivity index (χ1) is 5.66. The quantitative estimate of drug-likeness (QED) is 0.365. The predicted octanol–water partition coefficient (Wildman–Crippen LogP) is -4.21. The molecule has 0 aliphatic heterocycles. The average molecular weight is 234 g/mol. The maximum absolute atomic E-state index is 11.1. The van der Waals surface area contributed by atoms with Crippen LogP contribution in [0.5, 0.6) is 0 Å². The van der Waals surface area contributed by atoms with E-state index in [1.807, 2.05) is 0 Å². The van der Waals surface area contributed by atoms with Gasteiger partial charge in [0.2, 0.25) is 0 Å². The van der Waals surface area contributed by atoms with E-state index in [0.717, 1.165) is 0 Å². The van der Waals surface area contributed by atoms with Crippen LogP contribution in [0.15, 0.2) is 12.4 Å². The fourth-order valence-corrected chi connectivity index (χ4v) is 0.992. The number of hydrogen-bond donors (Lipinski definition) is 0. The Morgan fingerprint density at radius 2 is 2.14 bits per heavy atom. The van der Waals surface area contributed by atoms with Crippen LogP contribution >= 0.6 is 12.2 Å². The van der Waals surface area contributed by atoms with Gasteiger partial charge >= 0.3 is 65.2 Å². The van der Waals surface area contributed by atoms with Crippen molar-refractivity contribution >= 4 is 18.3 Å². The van der Waals surface area contributed by atoms with E-state index >= 15 is 0 Å². The van der Waals surface area contributed by atoms with Crippen molar-refractivity contribution in [3.63, 3.8) is 0 Å². The molecule has 1 aromatic heterocycles. The summed E-state index contributed by atoms with van der Waals surface area (Å²) < 4.78 is 8.17. The first-order valence-corrected chi connectivity index (χ1v) is 3.98. The normalized spacial score (nSPS) is 8.43. The van der Waals surface area contributed by atoms with Crippen LogP contribution in [0.4, 0.5) is 4.79 Å². The average Bonchev–Trinajstić information content (AvgIpc) is 2.34. The molecule has 70 valence electrons. The molecule has 4 nitrogen and oxygen atoms in total. The summed E-state index contributed by atoms with van der Waals surface area (Å²) >= 11 is 4.94. The number of carbonyl (C=O) groups excluding carboxylic acids is 1. The van der Waals surface area contributed by atoms with Crippen LogP contribution in [0.25, 0.3) is 0 Å². The summed E-state index contributed by atoms with van der Waals surface area (Å²) in [6.07, 6.45) is 2.86. The van der Waals surface area contributed by atoms with Gasteiger partial charge in [0.05, 0.1) is 6.61 Å². The minimum absolute atomic E-state index is 0. The summed E-state index contributed by atoms with van der Waals surface area (Å²) in [6.45, 7) is 2.11. The van der Waals surface area contributed by atoms with Crippen molar-refractivity contribution in [1.82, 2.24) is 9.13 Å². The zero-order valence-corrected chi connectivity index (χ0v) is 13.8. The Kier molecular flexibility index (Phi) is 10.0. The molecule has 1 aromatic rings. The molecule has 0 unspecified atom stereocenters. The fraction of sp³-hybridized carbons (Fsp3) is 0.429. The maximum atomic E-state index is 11.1. The first-order valence-electron chi connectivity index (χ1n) is 3.58. The first kappa shape index (κ1) is 17.3. The van der Waals surface area contributed by atoms with Crippen molar-refractivity contribution in [3.8, 4) is 0 Å². The van der Waals surface area contributed by atoms with Crippen molar-refractivity contribution in [2.75, 3.05) is 6.61 Å². The topological polar surface area (TPSA) is 36.2 Å². The smallest absolute Gasteiger partial charge is 1.00 e. The van der Waals surface area contributed by atoms with E-state index in [2.05, 4.69) is 0 Å². The van der Waals surface area contributed by atoms with Crippen LogP contribution in [0, 0.1) is 4.77 Å². The molecule has 1 rings (SSSR count). The third-order valence-electron chi connectivity index (χ3n) is 1.41. The predicted molar refractivity (Wildman–Crippen MR) is 48.9 cm³/mol. The molecule has 0 fully saturated rings. The Bertz CT molecular complexity index is 356. The number of aryl methyl sites for hydroxylation is 1. The van der Waals surface area contributed by atoms with Crippen molar-refractivity contribution in [2.45, 2.75) is 6.92 Å². The van der Waals surface area contributed by atoms with Gasteiger partial charge in [-0.3, -0.25) is 0 Å². The second-order valence-electron chi connectivity index (χ2n) is 2.26. The van der Waals surface area contributed by atoms with E-state index in [1.165, 1.54) is 4.57 Å². The molecule has 7 heteroatoms. The Morgan fingerprint density at radius 3 is 2.50 bits per heavy atom. The molecule has 1 heterocycles. The number of hydrogen-bond acceptors (Lipinski definition) is 3. The van der Waals surface area contributed by atoms with E-state index in [-0.39, 0.29) is 62.0 Å². The molecular weight excluding hydrogens is 222 g/mol. The summed E-state index contributed by atoms with van der Waals surface area (Å²) in [7, 11) is 1.78. The molecule has 0 saturated heterocycles. The number of nitrogens with zero attached hydrogens (tertiary/aromatic N) is 2. The van der Waals surface area contributed by atoms with E-state index in [1.54, 1.807) is 30.9 Å². The van der Waals surface area contributed by atoms with E-state index in [9.17, 15) is 4.79 Å². The van der Waals surface area contributed by atoms with Crippen molar-refractivity contribution in [3.05, 3.63) is 17.2 Å². The molecule has 0 saturated carbocycles. The molecule has 0 aliphatic rings. The van der Waals surface area contributed by atoms with Crippen LogP contribution < -0.4 is 59.1 Å². The number of ether oxygens (including phenoxy) is 1. The zero-order chi connectivity index (χ0) is 9.14. The standard InChI is InChI=1S/C7H10N2O2S.2Na.2H/c1-3-11-7(10)9-5-4-8(2)6(9)12;;;;/h4-5H,3H2,1-2H3;;;;/q;2*+1;2*-1. The van der Waals surface area contributed by atoms with Gasteiger partial charge in [-0.05, 0) is 19.1 Å². The Balaban J connectivity index is -0.000000180. The SMILES string of the molecule is CCOC(=O)n1ccn(C)c1=S.[H-].[H-].[Na+].[Na+]. The third-order valence-corrected chi connectivity index (χ3v) is 1.90. The molecule has 0 bridgehead atoms. The summed E-state index contributed by atoms with van der Waals surface area (Å²) in [6, 6.07) is 0. The minimum Gasteiger partial charge on any atom is -1.00 e. The monoisotopic (exact) mass is 234 g/mol. The van der Waals surface area contributed by atoms with Crippen LogP contribution in [0.3, 0.4) is 0 Å². The van der Waals surface area contributed by atoms with Crippen LogP contribution in [0.1, 0.15) is 9.78 Å². The minimum atomic E-state index is -0.428. The maximum Gasteiger partial charge on any atom is 1.00 e. The molecule has 0 radical (unpaired) electrons. The third kappa shape index (κ3) is 4.18.